The average molecular weight is 601 g/mol. The van der Waals surface area contributed by atoms with Gasteiger partial charge in [0.1, 0.15) is 0 Å². The van der Waals surface area contributed by atoms with E-state index in [4.69, 9.17) is 55.1 Å². The number of carboxylic acid groups (broad SMARTS) is 4. The van der Waals surface area contributed by atoms with Gasteiger partial charge in [-0.15, -0.1) is 0 Å². The van der Waals surface area contributed by atoms with Crippen molar-refractivity contribution in [2.45, 2.75) is 27.7 Å². The van der Waals surface area contributed by atoms with Crippen LogP contribution in [0.25, 0.3) is 0 Å². The van der Waals surface area contributed by atoms with Gasteiger partial charge in [-0.3, -0.25) is 0 Å². The number of aliphatic hydroxyl groups excluding tert-OH is 4. The molecule has 0 spiro atoms. The molecule has 41 heavy (non-hydrogen) atoms. The monoisotopic (exact) mass is 600 g/mol. The topological polar surface area (TPSA) is 258 Å². The summed E-state index contributed by atoms with van der Waals surface area (Å²) in [6, 6.07) is 0. The number of carboxylic acids is 4. The van der Waals surface area contributed by atoms with Crippen molar-refractivity contribution in [2.75, 3.05) is 66.1 Å². The number of carbonyl (C=O) groups is 4. The van der Waals surface area contributed by atoms with E-state index in [1.54, 1.807) is 0 Å². The maximum atomic E-state index is 9.60. The zero-order chi connectivity index (χ0) is 33.8. The zero-order valence-electron chi connectivity index (χ0n) is 24.3. The normalized spacial score (nSPS) is 8.49. The van der Waals surface area contributed by atoms with Crippen LogP contribution in [0.4, 0.5) is 0 Å². The molecule has 0 aliphatic rings. The predicted molar refractivity (Wildman–Crippen MR) is 151 cm³/mol. The maximum Gasteiger partial charge on any atom is 0.330 e. The summed E-state index contributed by atoms with van der Waals surface area (Å²) < 4.78 is 15.0. The highest BCUT2D eigenvalue weighted by Crippen LogP contribution is 1.83. The van der Waals surface area contributed by atoms with E-state index in [0.717, 1.165) is 0 Å². The molecule has 0 aliphatic carbocycles. The number of hydrogen-bond acceptors (Lipinski definition) is 11. The van der Waals surface area contributed by atoms with Gasteiger partial charge in [-0.25, -0.2) is 19.2 Å². The first-order chi connectivity index (χ1) is 18.9. The molecule has 0 radical (unpaired) electrons. The molecule has 15 nitrogen and oxygen atoms in total. The molecule has 0 aliphatic heterocycles. The molecule has 0 amide bonds. The second kappa shape index (κ2) is 41.0. The summed E-state index contributed by atoms with van der Waals surface area (Å²) in [4.78, 5) is 38.4. The fourth-order valence-corrected chi connectivity index (χ4v) is 0.671. The fourth-order valence-electron chi connectivity index (χ4n) is 0.671. The summed E-state index contributed by atoms with van der Waals surface area (Å²) in [6.45, 7) is 20.9. The van der Waals surface area contributed by atoms with Gasteiger partial charge in [0.15, 0.2) is 0 Å². The van der Waals surface area contributed by atoms with Crippen LogP contribution in [0.1, 0.15) is 27.7 Å². The lowest BCUT2D eigenvalue weighted by atomic mass is 10.4. The van der Waals surface area contributed by atoms with E-state index in [-0.39, 0.29) is 48.7 Å². The van der Waals surface area contributed by atoms with Crippen molar-refractivity contribution in [1.29, 1.82) is 0 Å². The van der Waals surface area contributed by atoms with Crippen molar-refractivity contribution in [3.05, 3.63) is 48.6 Å². The van der Waals surface area contributed by atoms with Gasteiger partial charge in [0.25, 0.3) is 0 Å². The first kappa shape index (κ1) is 50.4. The Bertz CT molecular complexity index is 574. The van der Waals surface area contributed by atoms with Crippen molar-refractivity contribution >= 4 is 23.9 Å². The summed E-state index contributed by atoms with van der Waals surface area (Å²) >= 11 is 0. The molecule has 0 saturated heterocycles. The van der Waals surface area contributed by atoms with Gasteiger partial charge >= 0.3 is 23.9 Å². The van der Waals surface area contributed by atoms with Gasteiger partial charge < -0.3 is 55.1 Å². The van der Waals surface area contributed by atoms with E-state index in [9.17, 15) is 19.2 Å². The molecule has 242 valence electrons. The lowest BCUT2D eigenvalue weighted by Crippen LogP contribution is -2.11. The Morgan fingerprint density at radius 3 is 0.659 bits per heavy atom. The van der Waals surface area contributed by atoms with Crippen LogP contribution in [-0.2, 0) is 33.4 Å². The van der Waals surface area contributed by atoms with Crippen LogP contribution in [0, 0.1) is 0 Å². The molecule has 0 atom stereocenters. The summed E-state index contributed by atoms with van der Waals surface area (Å²) in [7, 11) is 0. The van der Waals surface area contributed by atoms with E-state index in [2.05, 4.69) is 26.3 Å². The van der Waals surface area contributed by atoms with Gasteiger partial charge in [0, 0.05) is 22.3 Å². The van der Waals surface area contributed by atoms with Crippen molar-refractivity contribution in [1.82, 2.24) is 0 Å². The van der Waals surface area contributed by atoms with E-state index >= 15 is 0 Å². The first-order valence-corrected chi connectivity index (χ1v) is 11.6. The molecular weight excluding hydrogens is 552 g/mol. The Hall–Kier alpha value is -3.44. The second-order valence-electron chi connectivity index (χ2n) is 7.07. The van der Waals surface area contributed by atoms with E-state index in [0.29, 0.717) is 39.6 Å². The molecular formula is C26H48O15. The fraction of sp³-hybridized carbons (Fsp3) is 0.538. The van der Waals surface area contributed by atoms with Crippen LogP contribution in [-0.4, -0.2) is 131 Å². The largest absolute Gasteiger partial charge is 0.478 e. The van der Waals surface area contributed by atoms with Gasteiger partial charge in [-0.05, 0) is 27.7 Å². The summed E-state index contributed by atoms with van der Waals surface area (Å²) in [5.41, 5.74) is 0.704. The molecule has 8 N–H and O–H groups in total. The van der Waals surface area contributed by atoms with Crippen LogP contribution < -0.4 is 0 Å². The lowest BCUT2D eigenvalue weighted by molar-refractivity contribution is -0.133. The summed E-state index contributed by atoms with van der Waals surface area (Å²) in [5.74, 6) is -3.74. The highest BCUT2D eigenvalue weighted by Gasteiger charge is 1.92. The predicted octanol–water partition coefficient (Wildman–Crippen LogP) is 0.580. The lowest BCUT2D eigenvalue weighted by Gasteiger charge is -2.04. The average Bonchev–Trinajstić information content (AvgIpc) is 2.89. The van der Waals surface area contributed by atoms with Gasteiger partial charge in [-0.1, -0.05) is 26.3 Å². The molecule has 0 fully saturated rings. The molecule has 0 aromatic heterocycles. The Labute approximate surface area is 240 Å². The van der Waals surface area contributed by atoms with Crippen LogP contribution in [0.2, 0.25) is 0 Å². The molecule has 0 rings (SSSR count). The van der Waals surface area contributed by atoms with Gasteiger partial charge in [-0.2, -0.15) is 0 Å². The third-order valence-electron chi connectivity index (χ3n) is 2.78. The first-order valence-electron chi connectivity index (χ1n) is 11.6. The summed E-state index contributed by atoms with van der Waals surface area (Å²) in [6.07, 6.45) is 0. The molecule has 0 unspecified atom stereocenters. The standard InChI is InChI=1S/C8H18O5.4C4H6O2.C2H6O2/c9-1-3-11-5-7-13-8-6-12-4-2-10;4*1-3(2)4(5)6;3-1-2-4/h9-10H,1-8H2;4*1H2,2H3,(H,5,6);3-4H,1-2H2. The Morgan fingerprint density at radius 2 is 0.561 bits per heavy atom. The Kier molecular flexibility index (Phi) is 50.5. The van der Waals surface area contributed by atoms with Gasteiger partial charge in [0.2, 0.25) is 0 Å². The highest BCUT2D eigenvalue weighted by molar-refractivity contribution is 5.85. The number of ether oxygens (including phenoxy) is 3. The van der Waals surface area contributed by atoms with Crippen molar-refractivity contribution in [3.8, 4) is 0 Å². The van der Waals surface area contributed by atoms with Crippen molar-refractivity contribution in [3.63, 3.8) is 0 Å². The van der Waals surface area contributed by atoms with Crippen molar-refractivity contribution < 1.29 is 74.2 Å². The zero-order valence-corrected chi connectivity index (χ0v) is 24.3. The number of aliphatic carboxylic acids is 4. The third-order valence-corrected chi connectivity index (χ3v) is 2.78. The van der Waals surface area contributed by atoms with Gasteiger partial charge in [0.05, 0.1) is 66.1 Å². The quantitative estimate of drug-likeness (QED) is 0.0944. The maximum absolute atomic E-state index is 9.60. The number of aliphatic hydroxyl groups is 4. The van der Waals surface area contributed by atoms with E-state index in [1.807, 2.05) is 0 Å². The number of rotatable bonds is 15. The summed E-state index contributed by atoms with van der Waals surface area (Å²) in [5, 5.41) is 63.5. The minimum atomic E-state index is -0.935. The van der Waals surface area contributed by atoms with Crippen LogP contribution in [0.15, 0.2) is 48.6 Å². The SMILES string of the molecule is C=C(C)C(=O)O.C=C(C)C(=O)O.C=C(C)C(=O)O.C=C(C)C(=O)O.OCCO.OCCOCCOCCOCCO. The molecule has 0 aromatic carbocycles. The third kappa shape index (κ3) is 78.7. The molecule has 0 bridgehead atoms. The molecule has 0 aromatic rings. The van der Waals surface area contributed by atoms with E-state index in [1.165, 1.54) is 27.7 Å². The van der Waals surface area contributed by atoms with Crippen molar-refractivity contribution in [2.24, 2.45) is 0 Å². The van der Waals surface area contributed by atoms with Crippen LogP contribution in [0.5, 0.6) is 0 Å². The Balaban J connectivity index is -0.0000000946. The molecule has 15 heteroatoms. The van der Waals surface area contributed by atoms with E-state index < -0.39 is 23.9 Å². The smallest absolute Gasteiger partial charge is 0.330 e. The van der Waals surface area contributed by atoms with Crippen LogP contribution >= 0.6 is 0 Å². The minimum absolute atomic E-state index is 0.0413. The number of hydrogen-bond donors (Lipinski definition) is 8. The minimum Gasteiger partial charge on any atom is -0.478 e. The highest BCUT2D eigenvalue weighted by atomic mass is 16.5. The molecule has 0 saturated carbocycles. The molecule has 0 heterocycles. The second-order valence-corrected chi connectivity index (χ2v) is 7.07. The Morgan fingerprint density at radius 1 is 0.415 bits per heavy atom. The van der Waals surface area contributed by atoms with Crippen LogP contribution in [0.3, 0.4) is 0 Å².